The van der Waals surface area contributed by atoms with Crippen molar-refractivity contribution in [1.82, 2.24) is 0 Å². The van der Waals surface area contributed by atoms with Crippen molar-refractivity contribution in [3.63, 3.8) is 0 Å². The SMILES string of the molecule is CCOC(=O)[C@H](Br)[C@H]1CCC[C@H](C)C1. The Morgan fingerprint density at radius 2 is 2.29 bits per heavy atom. The zero-order valence-corrected chi connectivity index (χ0v) is 10.5. The molecule has 0 saturated heterocycles. The lowest BCUT2D eigenvalue weighted by molar-refractivity contribution is -0.143. The van der Waals surface area contributed by atoms with E-state index in [9.17, 15) is 4.79 Å². The number of ether oxygens (including phenoxy) is 1. The van der Waals surface area contributed by atoms with Gasteiger partial charge in [0.25, 0.3) is 0 Å². The van der Waals surface area contributed by atoms with Crippen LogP contribution in [0, 0.1) is 11.8 Å². The zero-order chi connectivity index (χ0) is 10.6. The van der Waals surface area contributed by atoms with Gasteiger partial charge in [-0.05, 0) is 31.6 Å². The van der Waals surface area contributed by atoms with E-state index in [4.69, 9.17) is 4.74 Å². The molecule has 0 heterocycles. The Morgan fingerprint density at radius 3 is 2.86 bits per heavy atom. The highest BCUT2D eigenvalue weighted by atomic mass is 79.9. The van der Waals surface area contributed by atoms with Gasteiger partial charge in [0, 0.05) is 0 Å². The Hall–Kier alpha value is -0.0500. The maximum absolute atomic E-state index is 11.5. The van der Waals surface area contributed by atoms with Gasteiger partial charge in [0.2, 0.25) is 0 Å². The van der Waals surface area contributed by atoms with Crippen molar-refractivity contribution < 1.29 is 9.53 Å². The molecule has 0 aliphatic heterocycles. The van der Waals surface area contributed by atoms with Gasteiger partial charge in [0.1, 0.15) is 4.83 Å². The zero-order valence-electron chi connectivity index (χ0n) is 8.96. The Bertz CT molecular complexity index is 194. The lowest BCUT2D eigenvalue weighted by Crippen LogP contribution is -2.29. The number of hydrogen-bond donors (Lipinski definition) is 0. The molecule has 1 rings (SSSR count). The van der Waals surface area contributed by atoms with Gasteiger partial charge in [-0.15, -0.1) is 0 Å². The standard InChI is InChI=1S/C11H19BrO2/c1-3-14-11(13)10(12)9-6-4-5-8(2)7-9/h8-10H,3-7H2,1-2H3/t8-,9-,10+/m0/s1. The molecule has 0 radical (unpaired) electrons. The second-order valence-corrected chi connectivity index (χ2v) is 5.17. The lowest BCUT2D eigenvalue weighted by atomic mass is 9.81. The minimum atomic E-state index is -0.0924. The molecule has 0 aromatic carbocycles. The number of hydrogen-bond acceptors (Lipinski definition) is 2. The van der Waals surface area contributed by atoms with Crippen LogP contribution in [0.15, 0.2) is 0 Å². The number of rotatable bonds is 3. The first kappa shape index (κ1) is 12.0. The maximum Gasteiger partial charge on any atom is 0.319 e. The fourth-order valence-electron chi connectivity index (χ4n) is 2.16. The number of esters is 1. The first-order chi connectivity index (χ1) is 6.65. The van der Waals surface area contributed by atoms with Crippen LogP contribution in [0.3, 0.4) is 0 Å². The first-order valence-corrected chi connectivity index (χ1v) is 6.37. The molecule has 1 fully saturated rings. The summed E-state index contributed by atoms with van der Waals surface area (Å²) in [7, 11) is 0. The largest absolute Gasteiger partial charge is 0.465 e. The Kier molecular flexibility index (Phi) is 4.93. The summed E-state index contributed by atoms with van der Waals surface area (Å²) in [5.74, 6) is 1.13. The van der Waals surface area contributed by atoms with Gasteiger partial charge in [-0.3, -0.25) is 4.79 Å². The van der Waals surface area contributed by atoms with Gasteiger partial charge in [-0.1, -0.05) is 35.7 Å². The van der Waals surface area contributed by atoms with Gasteiger partial charge in [-0.25, -0.2) is 0 Å². The van der Waals surface area contributed by atoms with Crippen molar-refractivity contribution in [3.8, 4) is 0 Å². The molecule has 82 valence electrons. The minimum absolute atomic E-state index is 0.0911. The molecule has 2 nitrogen and oxygen atoms in total. The summed E-state index contributed by atoms with van der Waals surface area (Å²) >= 11 is 3.46. The second kappa shape index (κ2) is 5.74. The van der Waals surface area contributed by atoms with Crippen LogP contribution in [-0.4, -0.2) is 17.4 Å². The molecule has 1 saturated carbocycles. The summed E-state index contributed by atoms with van der Waals surface area (Å²) in [5.41, 5.74) is 0. The van der Waals surface area contributed by atoms with Gasteiger partial charge in [0.05, 0.1) is 6.61 Å². The third kappa shape index (κ3) is 3.26. The average Bonchev–Trinajstić information content (AvgIpc) is 2.17. The van der Waals surface area contributed by atoms with Crippen molar-refractivity contribution >= 4 is 21.9 Å². The van der Waals surface area contributed by atoms with Crippen molar-refractivity contribution in [2.24, 2.45) is 11.8 Å². The predicted octanol–water partition coefficient (Wildman–Crippen LogP) is 3.14. The van der Waals surface area contributed by atoms with Gasteiger partial charge < -0.3 is 4.74 Å². The van der Waals surface area contributed by atoms with Gasteiger partial charge in [-0.2, -0.15) is 0 Å². The number of alkyl halides is 1. The molecule has 0 amide bonds. The van der Waals surface area contributed by atoms with E-state index >= 15 is 0 Å². The summed E-state index contributed by atoms with van der Waals surface area (Å²) < 4.78 is 5.01. The van der Waals surface area contributed by atoms with Crippen LogP contribution < -0.4 is 0 Å². The molecule has 0 unspecified atom stereocenters. The van der Waals surface area contributed by atoms with Crippen LogP contribution in [0.2, 0.25) is 0 Å². The van der Waals surface area contributed by atoms with Crippen LogP contribution in [0.1, 0.15) is 39.5 Å². The summed E-state index contributed by atoms with van der Waals surface area (Å²) in [4.78, 5) is 11.4. The highest BCUT2D eigenvalue weighted by Crippen LogP contribution is 2.34. The monoisotopic (exact) mass is 262 g/mol. The molecule has 14 heavy (non-hydrogen) atoms. The molecular formula is C11H19BrO2. The molecule has 0 bridgehead atoms. The summed E-state index contributed by atoms with van der Waals surface area (Å²) in [6.07, 6.45) is 4.85. The van der Waals surface area contributed by atoms with Crippen molar-refractivity contribution in [1.29, 1.82) is 0 Å². The fraction of sp³-hybridized carbons (Fsp3) is 0.909. The van der Waals surface area contributed by atoms with Crippen molar-refractivity contribution in [2.75, 3.05) is 6.61 Å². The van der Waals surface area contributed by atoms with E-state index in [2.05, 4.69) is 22.9 Å². The Labute approximate surface area is 94.5 Å². The van der Waals surface area contributed by atoms with E-state index in [1.54, 1.807) is 0 Å². The van der Waals surface area contributed by atoms with E-state index in [0.29, 0.717) is 12.5 Å². The Morgan fingerprint density at radius 1 is 1.57 bits per heavy atom. The smallest absolute Gasteiger partial charge is 0.319 e. The van der Waals surface area contributed by atoms with Crippen LogP contribution in [-0.2, 0) is 9.53 Å². The summed E-state index contributed by atoms with van der Waals surface area (Å²) in [6, 6.07) is 0. The Balaban J connectivity index is 2.42. The van der Waals surface area contributed by atoms with E-state index < -0.39 is 0 Å². The number of carbonyl (C=O) groups excluding carboxylic acids is 1. The highest BCUT2D eigenvalue weighted by Gasteiger charge is 2.30. The topological polar surface area (TPSA) is 26.3 Å². The predicted molar refractivity (Wildman–Crippen MR) is 60.5 cm³/mol. The molecule has 0 N–H and O–H groups in total. The van der Waals surface area contributed by atoms with Crippen molar-refractivity contribution in [3.05, 3.63) is 0 Å². The van der Waals surface area contributed by atoms with Gasteiger partial charge in [0.15, 0.2) is 0 Å². The van der Waals surface area contributed by atoms with E-state index in [1.807, 2.05) is 6.92 Å². The second-order valence-electron chi connectivity index (χ2n) is 4.19. The average molecular weight is 263 g/mol. The van der Waals surface area contributed by atoms with Crippen LogP contribution in [0.4, 0.5) is 0 Å². The van der Waals surface area contributed by atoms with Crippen molar-refractivity contribution in [2.45, 2.75) is 44.4 Å². The van der Waals surface area contributed by atoms with E-state index in [-0.39, 0.29) is 10.8 Å². The van der Waals surface area contributed by atoms with Crippen LogP contribution >= 0.6 is 15.9 Å². The van der Waals surface area contributed by atoms with Crippen LogP contribution in [0.25, 0.3) is 0 Å². The number of carbonyl (C=O) groups is 1. The molecule has 3 heteroatoms. The third-order valence-electron chi connectivity index (χ3n) is 2.90. The van der Waals surface area contributed by atoms with E-state index in [1.165, 1.54) is 12.8 Å². The third-order valence-corrected chi connectivity index (χ3v) is 4.02. The first-order valence-electron chi connectivity index (χ1n) is 5.45. The molecule has 0 aromatic heterocycles. The summed E-state index contributed by atoms with van der Waals surface area (Å²) in [6.45, 7) is 4.58. The molecule has 3 atom stereocenters. The van der Waals surface area contributed by atoms with Gasteiger partial charge >= 0.3 is 5.97 Å². The fourth-order valence-corrected chi connectivity index (χ4v) is 2.77. The number of halogens is 1. The van der Waals surface area contributed by atoms with Crippen LogP contribution in [0.5, 0.6) is 0 Å². The molecule has 0 aromatic rings. The lowest BCUT2D eigenvalue weighted by Gasteiger charge is -2.29. The quantitative estimate of drug-likeness (QED) is 0.577. The normalized spacial score (nSPS) is 29.6. The summed E-state index contributed by atoms with van der Waals surface area (Å²) in [5, 5.41) is 0. The maximum atomic E-state index is 11.5. The molecule has 1 aliphatic rings. The highest BCUT2D eigenvalue weighted by molar-refractivity contribution is 9.10. The molecule has 0 spiro atoms. The van der Waals surface area contributed by atoms with E-state index in [0.717, 1.165) is 18.8 Å². The molecular weight excluding hydrogens is 244 g/mol. The molecule has 1 aliphatic carbocycles. The minimum Gasteiger partial charge on any atom is -0.465 e.